The Morgan fingerprint density at radius 3 is 2.85 bits per heavy atom. The first-order valence-corrected chi connectivity index (χ1v) is 4.65. The first-order chi connectivity index (χ1) is 6.20. The van der Waals surface area contributed by atoms with Gasteiger partial charge in [0.05, 0.1) is 11.8 Å². The van der Waals surface area contributed by atoms with Crippen LogP contribution in [0.25, 0.3) is 0 Å². The van der Waals surface area contributed by atoms with Crippen LogP contribution < -0.4 is 0 Å². The molecule has 1 aliphatic heterocycles. The molecule has 0 spiro atoms. The predicted octanol–water partition coefficient (Wildman–Crippen LogP) is 0.898. The molecule has 1 saturated heterocycles. The molecule has 2 fully saturated rings. The summed E-state index contributed by atoms with van der Waals surface area (Å²) in [4.78, 5) is 22.6. The standard InChI is InChI=1S/C10H10O3/c1-4-5-2-3-6(4)8-7(5)9(11)13-10(8)12/h2,4,6-8H,3H2,1H3. The fourth-order valence-electron chi connectivity index (χ4n) is 3.06. The third-order valence-corrected chi connectivity index (χ3v) is 3.70. The summed E-state index contributed by atoms with van der Waals surface area (Å²) in [6.07, 6.45) is 3.05. The van der Waals surface area contributed by atoms with Crippen LogP contribution in [0.2, 0.25) is 0 Å². The Morgan fingerprint density at radius 1 is 1.38 bits per heavy atom. The van der Waals surface area contributed by atoms with Gasteiger partial charge in [-0.2, -0.15) is 0 Å². The molecule has 4 unspecified atom stereocenters. The van der Waals surface area contributed by atoms with Crippen molar-refractivity contribution in [2.45, 2.75) is 13.3 Å². The Labute approximate surface area is 75.8 Å². The molecule has 68 valence electrons. The van der Waals surface area contributed by atoms with Crippen LogP contribution in [0.5, 0.6) is 0 Å². The summed E-state index contributed by atoms with van der Waals surface area (Å²) in [6.45, 7) is 2.10. The lowest BCUT2D eigenvalue weighted by molar-refractivity contribution is -0.154. The van der Waals surface area contributed by atoms with E-state index in [9.17, 15) is 9.59 Å². The van der Waals surface area contributed by atoms with E-state index in [4.69, 9.17) is 0 Å². The highest BCUT2D eigenvalue weighted by Crippen LogP contribution is 2.55. The van der Waals surface area contributed by atoms with Gasteiger partial charge in [0.2, 0.25) is 0 Å². The summed E-state index contributed by atoms with van der Waals surface area (Å²) < 4.78 is 4.64. The minimum atomic E-state index is -0.324. The third-order valence-electron chi connectivity index (χ3n) is 3.70. The molecule has 3 nitrogen and oxygen atoms in total. The van der Waals surface area contributed by atoms with Crippen LogP contribution in [0.3, 0.4) is 0 Å². The van der Waals surface area contributed by atoms with Crippen LogP contribution in [0.15, 0.2) is 11.6 Å². The van der Waals surface area contributed by atoms with Gasteiger partial charge in [-0.15, -0.1) is 0 Å². The first-order valence-electron chi connectivity index (χ1n) is 4.65. The Bertz CT molecular complexity index is 342. The zero-order chi connectivity index (χ0) is 9.16. The molecule has 1 heterocycles. The van der Waals surface area contributed by atoms with Gasteiger partial charge < -0.3 is 4.74 Å². The molecule has 1 saturated carbocycles. The summed E-state index contributed by atoms with van der Waals surface area (Å²) in [5, 5.41) is 0. The van der Waals surface area contributed by atoms with E-state index in [1.54, 1.807) is 0 Å². The molecule has 0 radical (unpaired) electrons. The monoisotopic (exact) mass is 178 g/mol. The highest BCUT2D eigenvalue weighted by molar-refractivity contribution is 5.99. The van der Waals surface area contributed by atoms with E-state index in [0.29, 0.717) is 11.8 Å². The number of allylic oxidation sites excluding steroid dienone is 1. The molecule has 3 heteroatoms. The van der Waals surface area contributed by atoms with Gasteiger partial charge in [0.1, 0.15) is 0 Å². The van der Waals surface area contributed by atoms with E-state index in [2.05, 4.69) is 17.7 Å². The second kappa shape index (κ2) is 2.03. The molecule has 3 aliphatic rings. The van der Waals surface area contributed by atoms with E-state index in [1.165, 1.54) is 0 Å². The predicted molar refractivity (Wildman–Crippen MR) is 43.4 cm³/mol. The average Bonchev–Trinajstić information content (AvgIpc) is 2.67. The van der Waals surface area contributed by atoms with Gasteiger partial charge in [-0.1, -0.05) is 18.6 Å². The number of carbonyl (C=O) groups is 2. The first kappa shape index (κ1) is 7.30. The van der Waals surface area contributed by atoms with Crippen molar-refractivity contribution in [3.63, 3.8) is 0 Å². The molecule has 2 bridgehead atoms. The van der Waals surface area contributed by atoms with Crippen molar-refractivity contribution in [2.75, 3.05) is 0 Å². The topological polar surface area (TPSA) is 43.4 Å². The molecule has 0 amide bonds. The molecule has 0 N–H and O–H groups in total. The van der Waals surface area contributed by atoms with Crippen molar-refractivity contribution >= 4 is 11.9 Å². The maximum absolute atomic E-state index is 11.3. The van der Waals surface area contributed by atoms with E-state index < -0.39 is 0 Å². The van der Waals surface area contributed by atoms with Gasteiger partial charge >= 0.3 is 11.9 Å². The van der Waals surface area contributed by atoms with Crippen LogP contribution in [0, 0.1) is 23.7 Å². The third kappa shape index (κ3) is 0.666. The van der Waals surface area contributed by atoms with E-state index >= 15 is 0 Å². The van der Waals surface area contributed by atoms with Crippen molar-refractivity contribution in [3.8, 4) is 0 Å². The number of cyclic esters (lactones) is 2. The molecule has 3 rings (SSSR count). The lowest BCUT2D eigenvalue weighted by Crippen LogP contribution is -2.21. The molecular weight excluding hydrogens is 168 g/mol. The van der Waals surface area contributed by atoms with Crippen LogP contribution in [0.1, 0.15) is 13.3 Å². The summed E-state index contributed by atoms with van der Waals surface area (Å²) in [5.74, 6) is -0.250. The molecule has 2 aliphatic carbocycles. The quantitative estimate of drug-likeness (QED) is 0.314. The fraction of sp³-hybridized carbons (Fsp3) is 0.600. The maximum atomic E-state index is 11.3. The van der Waals surface area contributed by atoms with Gasteiger partial charge in [-0.3, -0.25) is 9.59 Å². The number of hydrogen-bond acceptors (Lipinski definition) is 3. The average molecular weight is 178 g/mol. The summed E-state index contributed by atoms with van der Waals surface area (Å²) in [6, 6.07) is 0. The van der Waals surface area contributed by atoms with Crippen molar-refractivity contribution in [1.82, 2.24) is 0 Å². The van der Waals surface area contributed by atoms with Crippen LogP contribution in [-0.2, 0) is 14.3 Å². The lowest BCUT2D eigenvalue weighted by Gasteiger charge is -2.13. The van der Waals surface area contributed by atoms with E-state index in [1.807, 2.05) is 0 Å². The van der Waals surface area contributed by atoms with Crippen LogP contribution in [0.4, 0.5) is 0 Å². The summed E-state index contributed by atoms with van der Waals surface area (Å²) in [5.41, 5.74) is 1.14. The molecule has 0 aromatic heterocycles. The molecule has 0 aromatic rings. The van der Waals surface area contributed by atoms with Crippen molar-refractivity contribution in [3.05, 3.63) is 11.6 Å². The number of ether oxygens (including phenoxy) is 1. The maximum Gasteiger partial charge on any atom is 0.321 e. The smallest absolute Gasteiger partial charge is 0.321 e. The number of hydrogen-bond donors (Lipinski definition) is 0. The van der Waals surface area contributed by atoms with Crippen molar-refractivity contribution < 1.29 is 14.3 Å². The second-order valence-electron chi connectivity index (χ2n) is 4.14. The number of carbonyl (C=O) groups excluding carboxylic acids is 2. The van der Waals surface area contributed by atoms with Gasteiger partial charge in [-0.25, -0.2) is 0 Å². The molecule has 4 atom stereocenters. The summed E-state index contributed by atoms with van der Waals surface area (Å²) >= 11 is 0. The van der Waals surface area contributed by atoms with Gasteiger partial charge in [-0.05, 0) is 18.3 Å². The van der Waals surface area contributed by atoms with Gasteiger partial charge in [0.25, 0.3) is 0 Å². The Hall–Kier alpha value is -1.12. The molecular formula is C10H10O3. The minimum Gasteiger partial charge on any atom is -0.392 e. The fourth-order valence-corrected chi connectivity index (χ4v) is 3.06. The zero-order valence-corrected chi connectivity index (χ0v) is 7.32. The number of fused-ring (bicyclic) bond motifs is 5. The van der Waals surface area contributed by atoms with Crippen LogP contribution >= 0.6 is 0 Å². The van der Waals surface area contributed by atoms with Crippen molar-refractivity contribution in [2.24, 2.45) is 23.7 Å². The lowest BCUT2D eigenvalue weighted by atomic mass is 9.85. The molecule has 13 heavy (non-hydrogen) atoms. The largest absolute Gasteiger partial charge is 0.392 e. The number of rotatable bonds is 0. The van der Waals surface area contributed by atoms with Gasteiger partial charge in [0, 0.05) is 0 Å². The normalized spacial score (nSPS) is 46.4. The molecule has 0 aromatic carbocycles. The van der Waals surface area contributed by atoms with E-state index in [-0.39, 0.29) is 23.8 Å². The Morgan fingerprint density at radius 2 is 2.15 bits per heavy atom. The van der Waals surface area contributed by atoms with E-state index in [0.717, 1.165) is 12.0 Å². The number of esters is 2. The Kier molecular flexibility index (Phi) is 1.14. The Balaban J connectivity index is 2.11. The van der Waals surface area contributed by atoms with Crippen LogP contribution in [-0.4, -0.2) is 11.9 Å². The second-order valence-corrected chi connectivity index (χ2v) is 4.14. The minimum absolute atomic E-state index is 0.150. The van der Waals surface area contributed by atoms with Gasteiger partial charge in [0.15, 0.2) is 0 Å². The summed E-state index contributed by atoms with van der Waals surface area (Å²) in [7, 11) is 0. The highest BCUT2D eigenvalue weighted by atomic mass is 16.6. The highest BCUT2D eigenvalue weighted by Gasteiger charge is 2.59. The SMILES string of the molecule is CC1C2=CCC1C1C(=O)OC(=O)C21. The van der Waals surface area contributed by atoms with Crippen molar-refractivity contribution in [1.29, 1.82) is 0 Å². The zero-order valence-electron chi connectivity index (χ0n) is 7.32.